The van der Waals surface area contributed by atoms with Crippen molar-refractivity contribution in [3.05, 3.63) is 60.7 Å². The highest BCUT2D eigenvalue weighted by Crippen LogP contribution is 2.23. The topological polar surface area (TPSA) is 93.2 Å². The van der Waals surface area contributed by atoms with E-state index in [2.05, 4.69) is 20.8 Å². The summed E-state index contributed by atoms with van der Waals surface area (Å²) in [6, 6.07) is 18.2. The van der Waals surface area contributed by atoms with Crippen LogP contribution in [0.2, 0.25) is 0 Å². The van der Waals surface area contributed by atoms with Crippen LogP contribution in [0.5, 0.6) is 5.75 Å². The number of hydrogen-bond donors (Lipinski definition) is 2. The zero-order valence-corrected chi connectivity index (χ0v) is 16.8. The van der Waals surface area contributed by atoms with Crippen LogP contribution in [-0.4, -0.2) is 34.9 Å². The summed E-state index contributed by atoms with van der Waals surface area (Å²) in [6.07, 6.45) is 0. The summed E-state index contributed by atoms with van der Waals surface area (Å²) in [6.45, 7) is 1.44. The molecular weight excluding hydrogens is 388 g/mol. The molecule has 29 heavy (non-hydrogen) atoms. The van der Waals surface area contributed by atoms with Crippen LogP contribution in [0.4, 0.5) is 11.4 Å². The molecule has 0 bridgehead atoms. The molecule has 7 nitrogen and oxygen atoms in total. The molecule has 3 aromatic rings. The van der Waals surface area contributed by atoms with E-state index in [0.717, 1.165) is 17.0 Å². The standard InChI is InChI=1S/C21H20N4O3S/c1-14(26)22-16-6-8-17(9-7-16)23-20(27)13-29-21-11-10-19(24-25-21)15-4-3-5-18(12-15)28-2/h3-12H,13H2,1-2H3,(H,22,26)(H,23,27). The van der Waals surface area contributed by atoms with Crippen molar-refractivity contribution >= 4 is 35.0 Å². The Labute approximate surface area is 172 Å². The molecule has 3 rings (SSSR count). The number of hydrogen-bond acceptors (Lipinski definition) is 6. The van der Waals surface area contributed by atoms with Crippen LogP contribution in [-0.2, 0) is 9.59 Å². The number of benzene rings is 2. The van der Waals surface area contributed by atoms with Crippen LogP contribution in [0, 0.1) is 0 Å². The Morgan fingerprint density at radius 3 is 2.31 bits per heavy atom. The number of ether oxygens (including phenoxy) is 1. The normalized spacial score (nSPS) is 10.3. The smallest absolute Gasteiger partial charge is 0.234 e. The van der Waals surface area contributed by atoms with Gasteiger partial charge in [-0.3, -0.25) is 9.59 Å². The Hall–Kier alpha value is -3.39. The van der Waals surface area contributed by atoms with Gasteiger partial charge in [-0.05, 0) is 48.5 Å². The third-order valence-corrected chi connectivity index (χ3v) is 4.77. The van der Waals surface area contributed by atoms with Crippen LogP contribution >= 0.6 is 11.8 Å². The fourth-order valence-corrected chi connectivity index (χ4v) is 3.12. The van der Waals surface area contributed by atoms with Crippen molar-refractivity contribution in [3.8, 4) is 17.0 Å². The predicted octanol–water partition coefficient (Wildman–Crippen LogP) is 3.84. The van der Waals surface area contributed by atoms with Gasteiger partial charge in [-0.1, -0.05) is 23.9 Å². The number of carbonyl (C=O) groups excluding carboxylic acids is 2. The maximum Gasteiger partial charge on any atom is 0.234 e. The van der Waals surface area contributed by atoms with Gasteiger partial charge < -0.3 is 15.4 Å². The lowest BCUT2D eigenvalue weighted by atomic mass is 10.1. The van der Waals surface area contributed by atoms with Crippen LogP contribution in [0.15, 0.2) is 65.7 Å². The van der Waals surface area contributed by atoms with Crippen molar-refractivity contribution in [1.82, 2.24) is 10.2 Å². The molecule has 2 N–H and O–H groups in total. The fraction of sp³-hybridized carbons (Fsp3) is 0.143. The maximum absolute atomic E-state index is 12.1. The molecule has 148 valence electrons. The highest BCUT2D eigenvalue weighted by molar-refractivity contribution is 7.99. The molecule has 0 saturated carbocycles. The molecule has 0 atom stereocenters. The number of nitrogens with one attached hydrogen (secondary N) is 2. The van der Waals surface area contributed by atoms with Gasteiger partial charge in [0, 0.05) is 23.9 Å². The minimum absolute atomic E-state index is 0.142. The van der Waals surface area contributed by atoms with Crippen LogP contribution in [0.25, 0.3) is 11.3 Å². The molecule has 0 saturated heterocycles. The Bertz CT molecular complexity index is 992. The predicted molar refractivity (Wildman–Crippen MR) is 114 cm³/mol. The van der Waals surface area contributed by atoms with Gasteiger partial charge in [0.05, 0.1) is 18.6 Å². The first-order valence-electron chi connectivity index (χ1n) is 8.82. The average molecular weight is 408 g/mol. The van der Waals surface area contributed by atoms with E-state index in [1.807, 2.05) is 36.4 Å². The fourth-order valence-electron chi connectivity index (χ4n) is 2.51. The lowest BCUT2D eigenvalue weighted by Gasteiger charge is -2.07. The van der Waals surface area contributed by atoms with E-state index in [0.29, 0.717) is 16.4 Å². The first-order chi connectivity index (χ1) is 14.0. The van der Waals surface area contributed by atoms with Gasteiger partial charge in [0.2, 0.25) is 11.8 Å². The van der Waals surface area contributed by atoms with Crippen molar-refractivity contribution in [2.24, 2.45) is 0 Å². The molecule has 1 heterocycles. The molecule has 0 unspecified atom stereocenters. The van der Waals surface area contributed by atoms with E-state index < -0.39 is 0 Å². The van der Waals surface area contributed by atoms with E-state index in [9.17, 15) is 9.59 Å². The van der Waals surface area contributed by atoms with Gasteiger partial charge in [0.15, 0.2) is 0 Å². The first kappa shape index (κ1) is 20.3. The van der Waals surface area contributed by atoms with Gasteiger partial charge in [0.1, 0.15) is 10.8 Å². The molecule has 2 amide bonds. The summed E-state index contributed by atoms with van der Waals surface area (Å²) in [5, 5.41) is 14.6. The van der Waals surface area contributed by atoms with E-state index >= 15 is 0 Å². The van der Waals surface area contributed by atoms with Gasteiger partial charge in [-0.25, -0.2) is 0 Å². The van der Waals surface area contributed by atoms with Gasteiger partial charge >= 0.3 is 0 Å². The Balaban J connectivity index is 1.53. The SMILES string of the molecule is COc1cccc(-c2ccc(SCC(=O)Nc3ccc(NC(C)=O)cc3)nn2)c1. The van der Waals surface area contributed by atoms with Crippen LogP contribution in [0.1, 0.15) is 6.92 Å². The van der Waals surface area contributed by atoms with Crippen LogP contribution in [0.3, 0.4) is 0 Å². The van der Waals surface area contributed by atoms with E-state index in [1.54, 1.807) is 31.4 Å². The van der Waals surface area contributed by atoms with Crippen molar-refractivity contribution in [2.45, 2.75) is 11.9 Å². The van der Waals surface area contributed by atoms with Gasteiger partial charge in [-0.2, -0.15) is 0 Å². The third-order valence-electron chi connectivity index (χ3n) is 3.85. The summed E-state index contributed by atoms with van der Waals surface area (Å²) in [5.74, 6) is 0.669. The molecule has 0 aliphatic rings. The van der Waals surface area contributed by atoms with Crippen molar-refractivity contribution < 1.29 is 14.3 Å². The molecule has 0 aliphatic heterocycles. The summed E-state index contributed by atoms with van der Waals surface area (Å²) in [7, 11) is 1.62. The summed E-state index contributed by atoms with van der Waals surface area (Å²) >= 11 is 1.30. The van der Waals surface area contributed by atoms with Crippen molar-refractivity contribution in [1.29, 1.82) is 0 Å². The van der Waals surface area contributed by atoms with Gasteiger partial charge in [0.25, 0.3) is 0 Å². The molecule has 0 aliphatic carbocycles. The number of anilines is 2. The van der Waals surface area contributed by atoms with Crippen LogP contribution < -0.4 is 15.4 Å². The largest absolute Gasteiger partial charge is 0.497 e. The number of aromatic nitrogens is 2. The van der Waals surface area contributed by atoms with E-state index in [1.165, 1.54) is 18.7 Å². The number of amides is 2. The summed E-state index contributed by atoms with van der Waals surface area (Å²) < 4.78 is 5.22. The highest BCUT2D eigenvalue weighted by Gasteiger charge is 2.07. The summed E-state index contributed by atoms with van der Waals surface area (Å²) in [4.78, 5) is 23.2. The molecule has 0 radical (unpaired) electrons. The minimum Gasteiger partial charge on any atom is -0.497 e. The molecule has 0 spiro atoms. The summed E-state index contributed by atoms with van der Waals surface area (Å²) in [5.41, 5.74) is 2.98. The van der Waals surface area contributed by atoms with E-state index in [-0.39, 0.29) is 17.6 Å². The molecule has 2 aromatic carbocycles. The monoisotopic (exact) mass is 408 g/mol. The number of carbonyl (C=O) groups is 2. The number of rotatable bonds is 7. The lowest BCUT2D eigenvalue weighted by molar-refractivity contribution is -0.114. The first-order valence-corrected chi connectivity index (χ1v) is 9.80. The second-order valence-electron chi connectivity index (χ2n) is 6.08. The quantitative estimate of drug-likeness (QED) is 0.577. The average Bonchev–Trinajstić information content (AvgIpc) is 2.74. The Kier molecular flexibility index (Phi) is 6.80. The zero-order valence-electron chi connectivity index (χ0n) is 16.0. The molecule has 1 aromatic heterocycles. The third kappa shape index (κ3) is 6.05. The lowest BCUT2D eigenvalue weighted by Crippen LogP contribution is -2.14. The number of methoxy groups -OCH3 is 1. The zero-order chi connectivity index (χ0) is 20.6. The highest BCUT2D eigenvalue weighted by atomic mass is 32.2. The van der Waals surface area contributed by atoms with Gasteiger partial charge in [-0.15, -0.1) is 10.2 Å². The van der Waals surface area contributed by atoms with E-state index in [4.69, 9.17) is 4.74 Å². The Morgan fingerprint density at radius 1 is 0.966 bits per heavy atom. The molecule has 0 fully saturated rings. The second-order valence-corrected chi connectivity index (χ2v) is 7.08. The molecular formula is C21H20N4O3S. The number of nitrogens with zero attached hydrogens (tertiary/aromatic N) is 2. The van der Waals surface area contributed by atoms with Crippen molar-refractivity contribution in [3.63, 3.8) is 0 Å². The second kappa shape index (κ2) is 9.70. The van der Waals surface area contributed by atoms with Crippen molar-refractivity contribution in [2.75, 3.05) is 23.5 Å². The Morgan fingerprint density at radius 2 is 1.69 bits per heavy atom. The number of thioether (sulfide) groups is 1. The minimum atomic E-state index is -0.152. The maximum atomic E-state index is 12.1. The molecule has 8 heteroatoms.